The number of carbonyl (C=O) groups is 1. The first-order chi connectivity index (χ1) is 10.6. The van der Waals surface area contributed by atoms with E-state index in [-0.39, 0.29) is 5.56 Å². The summed E-state index contributed by atoms with van der Waals surface area (Å²) in [6.07, 6.45) is 3.69. The van der Waals surface area contributed by atoms with Crippen LogP contribution in [0.25, 0.3) is 23.1 Å². The number of hydrogen-bond acceptors (Lipinski definition) is 2. The molecule has 2 aromatic carbocycles. The Kier molecular flexibility index (Phi) is 3.90. The number of aromatic nitrogens is 1. The Hall–Kier alpha value is -2.65. The molecule has 1 N–H and O–H groups in total. The third-order valence-corrected chi connectivity index (χ3v) is 3.49. The highest BCUT2D eigenvalue weighted by Crippen LogP contribution is 2.19. The van der Waals surface area contributed by atoms with Crippen LogP contribution in [-0.4, -0.2) is 16.1 Å². The van der Waals surface area contributed by atoms with E-state index in [1.807, 2.05) is 48.6 Å². The molecule has 0 aliphatic rings. The Morgan fingerprint density at radius 1 is 1.05 bits per heavy atom. The monoisotopic (exact) mass is 309 g/mol. The van der Waals surface area contributed by atoms with Gasteiger partial charge in [-0.05, 0) is 42.0 Å². The van der Waals surface area contributed by atoms with Gasteiger partial charge in [0.2, 0.25) is 0 Å². The van der Waals surface area contributed by atoms with E-state index in [0.29, 0.717) is 5.02 Å². The minimum atomic E-state index is -0.936. The van der Waals surface area contributed by atoms with Crippen LogP contribution in [0.15, 0.2) is 54.6 Å². The highest BCUT2D eigenvalue weighted by molar-refractivity contribution is 6.31. The number of aromatic carboxylic acids is 1. The molecule has 3 aromatic rings. The molecule has 3 rings (SSSR count). The van der Waals surface area contributed by atoms with Crippen LogP contribution in [0.4, 0.5) is 0 Å². The molecule has 1 heterocycles. The molecule has 4 heteroatoms. The summed E-state index contributed by atoms with van der Waals surface area (Å²) in [5.74, 6) is -0.936. The summed E-state index contributed by atoms with van der Waals surface area (Å²) in [6, 6.07) is 16.2. The molecule has 22 heavy (non-hydrogen) atoms. The molecule has 0 aliphatic heterocycles. The molecule has 0 saturated heterocycles. The van der Waals surface area contributed by atoms with Gasteiger partial charge in [0.15, 0.2) is 0 Å². The number of rotatable bonds is 3. The first-order valence-corrected chi connectivity index (χ1v) is 7.07. The molecule has 0 aliphatic carbocycles. The van der Waals surface area contributed by atoms with Gasteiger partial charge in [-0.2, -0.15) is 0 Å². The Morgan fingerprint density at radius 2 is 1.86 bits per heavy atom. The topological polar surface area (TPSA) is 50.2 Å². The predicted octanol–water partition coefficient (Wildman–Crippen LogP) is 4.76. The number of pyridine rings is 1. The van der Waals surface area contributed by atoms with E-state index in [1.165, 1.54) is 0 Å². The van der Waals surface area contributed by atoms with Crippen molar-refractivity contribution in [3.05, 3.63) is 76.4 Å². The van der Waals surface area contributed by atoms with Crippen molar-refractivity contribution >= 4 is 40.6 Å². The van der Waals surface area contributed by atoms with Gasteiger partial charge in [0.05, 0.1) is 16.8 Å². The van der Waals surface area contributed by atoms with Crippen molar-refractivity contribution in [2.75, 3.05) is 0 Å². The number of carboxylic acid groups (broad SMARTS) is 1. The number of benzene rings is 2. The largest absolute Gasteiger partial charge is 0.478 e. The van der Waals surface area contributed by atoms with Crippen molar-refractivity contribution in [1.29, 1.82) is 0 Å². The Bertz CT molecular complexity index is 887. The zero-order chi connectivity index (χ0) is 15.5. The van der Waals surface area contributed by atoms with Gasteiger partial charge >= 0.3 is 5.97 Å². The van der Waals surface area contributed by atoms with Crippen molar-refractivity contribution in [1.82, 2.24) is 4.98 Å². The van der Waals surface area contributed by atoms with Crippen LogP contribution in [0, 0.1) is 0 Å². The van der Waals surface area contributed by atoms with Gasteiger partial charge in [-0.1, -0.05) is 41.9 Å². The number of hydrogen-bond donors (Lipinski definition) is 1. The van der Waals surface area contributed by atoms with Gasteiger partial charge in [-0.25, -0.2) is 9.78 Å². The summed E-state index contributed by atoms with van der Waals surface area (Å²) >= 11 is 5.98. The standard InChI is InChI=1S/C18H12ClNO2/c19-15-7-5-13-6-9-16(20-17(13)11-15)8-4-12-2-1-3-14(10-12)18(21)22/h1-11H,(H,21,22). The van der Waals surface area contributed by atoms with Gasteiger partial charge in [-0.15, -0.1) is 0 Å². The molecule has 0 spiro atoms. The molecule has 0 atom stereocenters. The van der Waals surface area contributed by atoms with Crippen LogP contribution < -0.4 is 0 Å². The second-order valence-electron chi connectivity index (χ2n) is 4.84. The lowest BCUT2D eigenvalue weighted by atomic mass is 10.1. The Morgan fingerprint density at radius 3 is 2.68 bits per heavy atom. The quantitative estimate of drug-likeness (QED) is 0.759. The maximum atomic E-state index is 11.0. The van der Waals surface area contributed by atoms with Crippen LogP contribution >= 0.6 is 11.6 Å². The summed E-state index contributed by atoms with van der Waals surface area (Å²) < 4.78 is 0. The summed E-state index contributed by atoms with van der Waals surface area (Å²) in [7, 11) is 0. The lowest BCUT2D eigenvalue weighted by molar-refractivity contribution is 0.0697. The maximum absolute atomic E-state index is 11.0. The fourth-order valence-corrected chi connectivity index (χ4v) is 2.32. The number of nitrogens with zero attached hydrogens (tertiary/aromatic N) is 1. The van der Waals surface area contributed by atoms with E-state index >= 15 is 0 Å². The van der Waals surface area contributed by atoms with Crippen molar-refractivity contribution in [2.45, 2.75) is 0 Å². The van der Waals surface area contributed by atoms with Crippen LogP contribution in [0.3, 0.4) is 0 Å². The van der Waals surface area contributed by atoms with Crippen LogP contribution in [0.2, 0.25) is 5.02 Å². The lowest BCUT2D eigenvalue weighted by Gasteiger charge is -2.00. The first kappa shape index (κ1) is 14.3. The molecule has 108 valence electrons. The van der Waals surface area contributed by atoms with E-state index in [1.54, 1.807) is 18.2 Å². The van der Waals surface area contributed by atoms with E-state index in [0.717, 1.165) is 22.2 Å². The average Bonchev–Trinajstić information content (AvgIpc) is 2.52. The third-order valence-electron chi connectivity index (χ3n) is 3.26. The molecular weight excluding hydrogens is 298 g/mol. The van der Waals surface area contributed by atoms with Crippen molar-refractivity contribution in [3.8, 4) is 0 Å². The predicted molar refractivity (Wildman–Crippen MR) is 89.1 cm³/mol. The minimum absolute atomic E-state index is 0.264. The van der Waals surface area contributed by atoms with E-state index in [9.17, 15) is 4.79 Å². The molecule has 1 aromatic heterocycles. The zero-order valence-electron chi connectivity index (χ0n) is 11.5. The minimum Gasteiger partial charge on any atom is -0.478 e. The van der Waals surface area contributed by atoms with Crippen LogP contribution in [0.5, 0.6) is 0 Å². The molecule has 0 unspecified atom stereocenters. The van der Waals surface area contributed by atoms with Crippen LogP contribution in [0.1, 0.15) is 21.6 Å². The van der Waals surface area contributed by atoms with E-state index in [4.69, 9.17) is 16.7 Å². The fraction of sp³-hybridized carbons (Fsp3) is 0. The van der Waals surface area contributed by atoms with Gasteiger partial charge in [0.1, 0.15) is 0 Å². The summed E-state index contributed by atoms with van der Waals surface area (Å²) in [5, 5.41) is 10.7. The fourth-order valence-electron chi connectivity index (χ4n) is 2.16. The van der Waals surface area contributed by atoms with Gasteiger partial charge < -0.3 is 5.11 Å². The Labute approximate surface area is 132 Å². The lowest BCUT2D eigenvalue weighted by Crippen LogP contribution is -1.95. The number of halogens is 1. The highest BCUT2D eigenvalue weighted by Gasteiger charge is 2.01. The number of fused-ring (bicyclic) bond motifs is 1. The van der Waals surface area contributed by atoms with Crippen molar-refractivity contribution in [3.63, 3.8) is 0 Å². The summed E-state index contributed by atoms with van der Waals surface area (Å²) in [4.78, 5) is 15.5. The number of carboxylic acids is 1. The molecule has 0 saturated carbocycles. The van der Waals surface area contributed by atoms with Crippen molar-refractivity contribution < 1.29 is 9.90 Å². The first-order valence-electron chi connectivity index (χ1n) is 6.69. The van der Waals surface area contributed by atoms with Gasteiger partial charge in [0.25, 0.3) is 0 Å². The third kappa shape index (κ3) is 3.15. The molecule has 3 nitrogen and oxygen atoms in total. The SMILES string of the molecule is O=C(O)c1cccc(C=Cc2ccc3ccc(Cl)cc3n2)c1. The second-order valence-corrected chi connectivity index (χ2v) is 5.27. The molecular formula is C18H12ClNO2. The molecule has 0 fully saturated rings. The van der Waals surface area contributed by atoms with E-state index < -0.39 is 5.97 Å². The van der Waals surface area contributed by atoms with Gasteiger partial charge in [-0.3, -0.25) is 0 Å². The maximum Gasteiger partial charge on any atom is 0.335 e. The highest BCUT2D eigenvalue weighted by atomic mass is 35.5. The molecule has 0 bridgehead atoms. The summed E-state index contributed by atoms with van der Waals surface area (Å²) in [5.41, 5.74) is 2.69. The van der Waals surface area contributed by atoms with Crippen molar-refractivity contribution in [2.24, 2.45) is 0 Å². The normalized spacial score (nSPS) is 11.1. The second kappa shape index (κ2) is 6.00. The summed E-state index contributed by atoms with van der Waals surface area (Å²) in [6.45, 7) is 0. The molecule has 0 radical (unpaired) electrons. The van der Waals surface area contributed by atoms with Gasteiger partial charge in [0, 0.05) is 10.4 Å². The zero-order valence-corrected chi connectivity index (χ0v) is 12.3. The Balaban J connectivity index is 1.92. The van der Waals surface area contributed by atoms with E-state index in [2.05, 4.69) is 4.98 Å². The van der Waals surface area contributed by atoms with Crippen LogP contribution in [-0.2, 0) is 0 Å². The smallest absolute Gasteiger partial charge is 0.335 e. The molecule has 0 amide bonds. The average molecular weight is 310 g/mol.